The zero-order valence-electron chi connectivity index (χ0n) is 11.3. The fourth-order valence-electron chi connectivity index (χ4n) is 1.89. The Labute approximate surface area is 123 Å². The first kappa shape index (κ1) is 16.1. The van der Waals surface area contributed by atoms with Crippen LogP contribution in [0.2, 0.25) is 0 Å². The quantitative estimate of drug-likeness (QED) is 0.855. The minimum Gasteiger partial charge on any atom is -0.469 e. The molecule has 0 spiro atoms. The molecule has 1 aliphatic heterocycles. The second-order valence-corrected chi connectivity index (χ2v) is 4.41. The summed E-state index contributed by atoms with van der Waals surface area (Å²) in [4.78, 5) is 22.8. The van der Waals surface area contributed by atoms with Gasteiger partial charge in [0.15, 0.2) is 6.23 Å². The van der Waals surface area contributed by atoms with E-state index in [1.807, 2.05) is 0 Å². The van der Waals surface area contributed by atoms with Gasteiger partial charge in [-0.25, -0.2) is 0 Å². The van der Waals surface area contributed by atoms with Gasteiger partial charge in [0.1, 0.15) is 11.9 Å². The largest absolute Gasteiger partial charge is 0.573 e. The number of ether oxygens (including phenoxy) is 3. The molecule has 9 heteroatoms. The van der Waals surface area contributed by atoms with Crippen molar-refractivity contribution in [3.05, 3.63) is 29.8 Å². The highest BCUT2D eigenvalue weighted by atomic mass is 19.4. The number of methoxy groups -OCH3 is 1. The smallest absolute Gasteiger partial charge is 0.469 e. The van der Waals surface area contributed by atoms with E-state index in [1.165, 1.54) is 19.2 Å². The molecule has 1 aromatic rings. The Morgan fingerprint density at radius 3 is 2.77 bits per heavy atom. The van der Waals surface area contributed by atoms with Crippen LogP contribution in [0.25, 0.3) is 0 Å². The Morgan fingerprint density at radius 2 is 2.14 bits per heavy atom. The van der Waals surface area contributed by atoms with Gasteiger partial charge in [0.2, 0.25) is 0 Å². The van der Waals surface area contributed by atoms with Crippen LogP contribution >= 0.6 is 0 Å². The Bertz CT molecular complexity index is 575. The minimum absolute atomic E-state index is 0.266. The van der Waals surface area contributed by atoms with Crippen molar-refractivity contribution < 1.29 is 37.0 Å². The normalized spacial score (nSPS) is 21.4. The third-order valence-electron chi connectivity index (χ3n) is 2.84. The second-order valence-electron chi connectivity index (χ2n) is 4.41. The molecule has 2 atom stereocenters. The van der Waals surface area contributed by atoms with Crippen molar-refractivity contribution >= 4 is 11.9 Å². The average Bonchev–Trinajstić information content (AvgIpc) is 2.78. The predicted molar refractivity (Wildman–Crippen MR) is 65.5 cm³/mol. The second kappa shape index (κ2) is 6.22. The monoisotopic (exact) mass is 319 g/mol. The minimum atomic E-state index is -4.81. The number of halogens is 3. The number of hydrogen-bond donors (Lipinski definition) is 1. The van der Waals surface area contributed by atoms with Crippen molar-refractivity contribution in [1.82, 2.24) is 5.32 Å². The zero-order valence-corrected chi connectivity index (χ0v) is 11.3. The van der Waals surface area contributed by atoms with Crippen LogP contribution in [0.4, 0.5) is 13.2 Å². The molecule has 6 nitrogen and oxygen atoms in total. The van der Waals surface area contributed by atoms with Crippen LogP contribution in [0.15, 0.2) is 24.3 Å². The maximum absolute atomic E-state index is 12.2. The highest BCUT2D eigenvalue weighted by molar-refractivity contribution is 5.87. The summed E-state index contributed by atoms with van der Waals surface area (Å²) in [6.07, 6.45) is -7.10. The Hall–Kier alpha value is -2.29. The average molecular weight is 319 g/mol. The van der Waals surface area contributed by atoms with Crippen molar-refractivity contribution in [1.29, 1.82) is 0 Å². The lowest BCUT2D eigenvalue weighted by atomic mass is 10.2. The number of esters is 1. The van der Waals surface area contributed by atoms with E-state index in [-0.39, 0.29) is 12.0 Å². The molecule has 1 N–H and O–H groups in total. The summed E-state index contributed by atoms with van der Waals surface area (Å²) in [7, 11) is 1.17. The Morgan fingerprint density at radius 1 is 1.41 bits per heavy atom. The van der Waals surface area contributed by atoms with Gasteiger partial charge in [-0.1, -0.05) is 12.1 Å². The maximum atomic E-state index is 12.2. The third-order valence-corrected chi connectivity index (χ3v) is 2.84. The molecule has 0 radical (unpaired) electrons. The van der Waals surface area contributed by atoms with Gasteiger partial charge in [-0.05, 0) is 12.1 Å². The first-order valence-corrected chi connectivity index (χ1v) is 6.17. The summed E-state index contributed by atoms with van der Waals surface area (Å²) < 4.78 is 50.1. The SMILES string of the molecule is COC(=O)CC1OC(c2cccc(OC(F)(F)F)c2)NC1=O. The van der Waals surface area contributed by atoms with E-state index in [9.17, 15) is 22.8 Å². The molecular weight excluding hydrogens is 307 g/mol. The number of hydrogen-bond acceptors (Lipinski definition) is 5. The lowest BCUT2D eigenvalue weighted by molar-refractivity contribution is -0.274. The molecule has 1 heterocycles. The molecule has 120 valence electrons. The molecule has 1 aromatic carbocycles. The number of rotatable bonds is 4. The van der Waals surface area contributed by atoms with Crippen LogP contribution in [-0.4, -0.2) is 31.5 Å². The number of alkyl halides is 3. The van der Waals surface area contributed by atoms with Crippen LogP contribution in [0.3, 0.4) is 0 Å². The van der Waals surface area contributed by atoms with Gasteiger partial charge in [0, 0.05) is 5.56 Å². The molecule has 0 aliphatic carbocycles. The maximum Gasteiger partial charge on any atom is 0.573 e. The van der Waals surface area contributed by atoms with E-state index in [4.69, 9.17) is 4.74 Å². The van der Waals surface area contributed by atoms with Gasteiger partial charge in [0.05, 0.1) is 13.5 Å². The van der Waals surface area contributed by atoms with Crippen LogP contribution in [-0.2, 0) is 19.1 Å². The van der Waals surface area contributed by atoms with Crippen molar-refractivity contribution in [2.24, 2.45) is 0 Å². The lowest BCUT2D eigenvalue weighted by Gasteiger charge is -2.14. The molecule has 2 unspecified atom stereocenters. The first-order chi connectivity index (χ1) is 10.3. The molecule has 1 fully saturated rings. The summed E-state index contributed by atoms with van der Waals surface area (Å²) in [5.74, 6) is -1.60. The fourth-order valence-corrected chi connectivity index (χ4v) is 1.89. The van der Waals surface area contributed by atoms with Crippen molar-refractivity contribution in [3.8, 4) is 5.75 Å². The van der Waals surface area contributed by atoms with Gasteiger partial charge in [-0.2, -0.15) is 0 Å². The first-order valence-electron chi connectivity index (χ1n) is 6.17. The molecular formula is C13H12F3NO5. The van der Waals surface area contributed by atoms with Gasteiger partial charge in [-0.15, -0.1) is 13.2 Å². The summed E-state index contributed by atoms with van der Waals surface area (Å²) in [6, 6.07) is 5.02. The molecule has 22 heavy (non-hydrogen) atoms. The van der Waals surface area contributed by atoms with Gasteiger partial charge >= 0.3 is 12.3 Å². The molecule has 0 aromatic heterocycles. The van der Waals surface area contributed by atoms with Crippen LogP contribution in [0, 0.1) is 0 Å². The summed E-state index contributed by atoms with van der Waals surface area (Å²) in [5, 5.41) is 2.43. The van der Waals surface area contributed by atoms with Crippen LogP contribution in [0.1, 0.15) is 18.2 Å². The standard InChI is InChI=1S/C13H12F3NO5/c1-20-10(18)6-9-11(19)17-12(21-9)7-3-2-4-8(5-7)22-13(14,15)16/h2-5,9,12H,6H2,1H3,(H,17,19). The number of amides is 1. The molecule has 2 rings (SSSR count). The molecule has 1 amide bonds. The number of carbonyl (C=O) groups is 2. The van der Waals surface area contributed by atoms with Crippen molar-refractivity contribution in [3.63, 3.8) is 0 Å². The van der Waals surface area contributed by atoms with E-state index in [2.05, 4.69) is 14.8 Å². The van der Waals surface area contributed by atoms with E-state index in [0.717, 1.165) is 12.1 Å². The van der Waals surface area contributed by atoms with E-state index in [0.29, 0.717) is 0 Å². The molecule has 1 aliphatic rings. The summed E-state index contributed by atoms with van der Waals surface area (Å²) >= 11 is 0. The number of carbonyl (C=O) groups excluding carboxylic acids is 2. The predicted octanol–water partition coefficient (Wildman–Crippen LogP) is 1.66. The number of nitrogens with one attached hydrogen (secondary N) is 1. The summed E-state index contributed by atoms with van der Waals surface area (Å²) in [5.41, 5.74) is 0.266. The topological polar surface area (TPSA) is 73.9 Å². The van der Waals surface area contributed by atoms with Gasteiger partial charge < -0.3 is 19.5 Å². The van der Waals surface area contributed by atoms with Gasteiger partial charge in [-0.3, -0.25) is 9.59 Å². The van der Waals surface area contributed by atoms with Crippen LogP contribution < -0.4 is 10.1 Å². The molecule has 0 saturated carbocycles. The number of benzene rings is 1. The fraction of sp³-hybridized carbons (Fsp3) is 0.385. The van der Waals surface area contributed by atoms with E-state index >= 15 is 0 Å². The molecule has 0 bridgehead atoms. The van der Waals surface area contributed by atoms with Crippen LogP contribution in [0.5, 0.6) is 5.75 Å². The zero-order chi connectivity index (χ0) is 16.3. The van der Waals surface area contributed by atoms with E-state index in [1.54, 1.807) is 0 Å². The lowest BCUT2D eigenvalue weighted by Crippen LogP contribution is -2.26. The van der Waals surface area contributed by atoms with Gasteiger partial charge in [0.25, 0.3) is 5.91 Å². The van der Waals surface area contributed by atoms with Crippen molar-refractivity contribution in [2.75, 3.05) is 7.11 Å². The molecule has 1 saturated heterocycles. The Balaban J connectivity index is 2.08. The van der Waals surface area contributed by atoms with Crippen molar-refractivity contribution in [2.45, 2.75) is 25.1 Å². The van der Waals surface area contributed by atoms with E-state index < -0.39 is 36.3 Å². The highest BCUT2D eigenvalue weighted by Crippen LogP contribution is 2.29. The summed E-state index contributed by atoms with van der Waals surface area (Å²) in [6.45, 7) is 0. The third kappa shape index (κ3) is 4.10. The highest BCUT2D eigenvalue weighted by Gasteiger charge is 2.36. The Kier molecular flexibility index (Phi) is 4.55.